The molecule has 1 aromatic carbocycles. The smallest absolute Gasteiger partial charge is 0.399 e. The van der Waals surface area contributed by atoms with Gasteiger partial charge in [-0.15, -0.1) is 3.89 Å². The molecule has 0 atom stereocenters. The first kappa shape index (κ1) is 14.5. The lowest BCUT2D eigenvalue weighted by Gasteiger charge is -2.32. The first-order valence-electron chi connectivity index (χ1n) is 5.93. The fourth-order valence-electron chi connectivity index (χ4n) is 1.79. The third-order valence-electron chi connectivity index (χ3n) is 3.67. The molecule has 7 heteroatoms. The third kappa shape index (κ3) is 2.68. The van der Waals surface area contributed by atoms with E-state index in [1.54, 1.807) is 6.07 Å². The molecule has 1 aromatic rings. The van der Waals surface area contributed by atoms with Crippen LogP contribution in [0.5, 0.6) is 0 Å². The van der Waals surface area contributed by atoms with E-state index in [2.05, 4.69) is 0 Å². The lowest BCUT2D eigenvalue weighted by atomic mass is 9.79. The van der Waals surface area contributed by atoms with Crippen LogP contribution in [0.1, 0.15) is 27.7 Å². The van der Waals surface area contributed by atoms with E-state index in [9.17, 15) is 12.3 Å². The van der Waals surface area contributed by atoms with Gasteiger partial charge in [0.1, 0.15) is 0 Å². The Morgan fingerprint density at radius 2 is 1.63 bits per heavy atom. The minimum Gasteiger partial charge on any atom is -0.399 e. The fourth-order valence-corrected chi connectivity index (χ4v) is 2.31. The molecule has 0 aliphatic carbocycles. The zero-order chi connectivity index (χ0) is 14.5. The van der Waals surface area contributed by atoms with Gasteiger partial charge in [0.25, 0.3) is 0 Å². The van der Waals surface area contributed by atoms with Crippen molar-refractivity contribution in [3.05, 3.63) is 24.3 Å². The van der Waals surface area contributed by atoms with Crippen LogP contribution in [0.4, 0.5) is 3.89 Å². The number of rotatable bonds is 2. The Labute approximate surface area is 113 Å². The molecule has 1 heterocycles. The van der Waals surface area contributed by atoms with Crippen molar-refractivity contribution in [1.29, 1.82) is 0 Å². The Morgan fingerprint density at radius 1 is 1.11 bits per heavy atom. The molecule has 0 radical (unpaired) electrons. The van der Waals surface area contributed by atoms with Gasteiger partial charge in [-0.25, -0.2) is 0 Å². The Bertz CT molecular complexity index is 582. The second kappa shape index (κ2) is 4.29. The normalized spacial score (nSPS) is 21.6. The van der Waals surface area contributed by atoms with Gasteiger partial charge >= 0.3 is 17.3 Å². The zero-order valence-corrected chi connectivity index (χ0v) is 12.1. The number of halogens is 1. The average molecular weight is 286 g/mol. The van der Waals surface area contributed by atoms with Crippen LogP contribution in [0.25, 0.3) is 0 Å². The molecule has 2 rings (SSSR count). The summed E-state index contributed by atoms with van der Waals surface area (Å²) < 4.78 is 46.4. The van der Waals surface area contributed by atoms with Crippen molar-refractivity contribution >= 4 is 22.8 Å². The van der Waals surface area contributed by atoms with Crippen molar-refractivity contribution < 1.29 is 21.6 Å². The molecular formula is C12H16BFO4S. The summed E-state index contributed by atoms with van der Waals surface area (Å²) in [6.07, 6.45) is 0. The van der Waals surface area contributed by atoms with Crippen LogP contribution >= 0.6 is 0 Å². The molecule has 0 aromatic heterocycles. The van der Waals surface area contributed by atoms with E-state index in [1.807, 2.05) is 27.7 Å². The van der Waals surface area contributed by atoms with Crippen LogP contribution in [0, 0.1) is 0 Å². The van der Waals surface area contributed by atoms with Gasteiger partial charge in [0.15, 0.2) is 0 Å². The summed E-state index contributed by atoms with van der Waals surface area (Å²) in [4.78, 5) is -0.389. The minimum atomic E-state index is -4.72. The van der Waals surface area contributed by atoms with Crippen molar-refractivity contribution in [2.75, 3.05) is 0 Å². The first-order chi connectivity index (χ1) is 8.53. The van der Waals surface area contributed by atoms with Crippen LogP contribution < -0.4 is 5.46 Å². The summed E-state index contributed by atoms with van der Waals surface area (Å²) in [5, 5.41) is 0. The van der Waals surface area contributed by atoms with Gasteiger partial charge in [-0.05, 0) is 45.3 Å². The van der Waals surface area contributed by atoms with E-state index < -0.39 is 28.5 Å². The monoisotopic (exact) mass is 286 g/mol. The van der Waals surface area contributed by atoms with Crippen molar-refractivity contribution in [2.24, 2.45) is 0 Å². The fraction of sp³-hybridized carbons (Fsp3) is 0.500. The minimum absolute atomic E-state index is 0.389. The second-order valence-corrected chi connectivity index (χ2v) is 6.95. The SMILES string of the molecule is CC1(C)OB(c2cccc(S(=O)(=O)F)c2)OC1(C)C. The van der Waals surface area contributed by atoms with Crippen molar-refractivity contribution in [1.82, 2.24) is 0 Å². The maximum absolute atomic E-state index is 13.0. The molecule has 0 N–H and O–H groups in total. The maximum atomic E-state index is 13.0. The molecule has 1 aliphatic rings. The third-order valence-corrected chi connectivity index (χ3v) is 4.48. The van der Waals surface area contributed by atoms with Crippen LogP contribution in [0.15, 0.2) is 29.2 Å². The summed E-state index contributed by atoms with van der Waals surface area (Å²) >= 11 is 0. The van der Waals surface area contributed by atoms with Gasteiger partial charge in [0.05, 0.1) is 16.1 Å². The Morgan fingerprint density at radius 3 is 2.11 bits per heavy atom. The van der Waals surface area contributed by atoms with Gasteiger partial charge in [0, 0.05) is 0 Å². The molecular weight excluding hydrogens is 270 g/mol. The number of benzene rings is 1. The highest BCUT2D eigenvalue weighted by molar-refractivity contribution is 7.86. The summed E-state index contributed by atoms with van der Waals surface area (Å²) in [5.74, 6) is 0. The standard InChI is InChI=1S/C12H16BFO4S/c1-11(2)12(3,4)18-13(17-11)9-6-5-7-10(8-9)19(14,15)16/h5-8H,1-4H3. The number of hydrogen-bond acceptors (Lipinski definition) is 4. The predicted octanol–water partition coefficient (Wildman–Crippen LogP) is 1.64. The molecule has 1 fully saturated rings. The van der Waals surface area contributed by atoms with E-state index in [0.29, 0.717) is 5.46 Å². The quantitative estimate of drug-likeness (QED) is 0.612. The van der Waals surface area contributed by atoms with Crippen molar-refractivity contribution in [2.45, 2.75) is 43.8 Å². The summed E-state index contributed by atoms with van der Waals surface area (Å²) in [6, 6.07) is 5.55. The maximum Gasteiger partial charge on any atom is 0.494 e. The van der Waals surface area contributed by atoms with Crippen molar-refractivity contribution in [3.63, 3.8) is 0 Å². The molecule has 0 amide bonds. The predicted molar refractivity (Wildman–Crippen MR) is 70.5 cm³/mol. The molecule has 1 aliphatic heterocycles. The summed E-state index contributed by atoms with van der Waals surface area (Å²) in [7, 11) is -5.43. The summed E-state index contributed by atoms with van der Waals surface area (Å²) in [6.45, 7) is 7.57. The molecule has 4 nitrogen and oxygen atoms in total. The van der Waals surface area contributed by atoms with Crippen LogP contribution in [-0.4, -0.2) is 26.7 Å². The van der Waals surface area contributed by atoms with Gasteiger partial charge in [-0.1, -0.05) is 12.1 Å². The lowest BCUT2D eigenvalue weighted by molar-refractivity contribution is 0.00578. The second-order valence-electron chi connectivity index (χ2n) is 5.60. The lowest BCUT2D eigenvalue weighted by Crippen LogP contribution is -2.41. The number of hydrogen-bond donors (Lipinski definition) is 0. The topological polar surface area (TPSA) is 52.6 Å². The first-order valence-corrected chi connectivity index (χ1v) is 7.31. The van der Waals surface area contributed by atoms with Crippen molar-refractivity contribution in [3.8, 4) is 0 Å². The summed E-state index contributed by atoms with van der Waals surface area (Å²) in [5.41, 5.74) is -0.567. The van der Waals surface area contributed by atoms with Gasteiger partial charge in [-0.3, -0.25) is 0 Å². The van der Waals surface area contributed by atoms with Gasteiger partial charge < -0.3 is 9.31 Å². The van der Waals surface area contributed by atoms with Gasteiger partial charge in [-0.2, -0.15) is 8.42 Å². The molecule has 104 valence electrons. The largest absolute Gasteiger partial charge is 0.494 e. The van der Waals surface area contributed by atoms with E-state index in [1.165, 1.54) is 18.2 Å². The van der Waals surface area contributed by atoms with Crippen LogP contribution in [-0.2, 0) is 19.5 Å². The van der Waals surface area contributed by atoms with E-state index in [-0.39, 0.29) is 4.90 Å². The zero-order valence-electron chi connectivity index (χ0n) is 11.3. The van der Waals surface area contributed by atoms with Gasteiger partial charge in [0.2, 0.25) is 0 Å². The molecule has 0 saturated carbocycles. The Hall–Kier alpha value is -0.915. The highest BCUT2D eigenvalue weighted by Gasteiger charge is 2.51. The molecule has 0 unspecified atom stereocenters. The highest BCUT2D eigenvalue weighted by Crippen LogP contribution is 2.36. The average Bonchev–Trinajstić information content (AvgIpc) is 2.47. The molecule has 0 spiro atoms. The highest BCUT2D eigenvalue weighted by atomic mass is 32.3. The van der Waals surface area contributed by atoms with E-state index >= 15 is 0 Å². The van der Waals surface area contributed by atoms with Crippen LogP contribution in [0.2, 0.25) is 0 Å². The molecule has 0 bridgehead atoms. The van der Waals surface area contributed by atoms with E-state index in [4.69, 9.17) is 9.31 Å². The Kier molecular flexibility index (Phi) is 3.28. The molecule has 19 heavy (non-hydrogen) atoms. The van der Waals surface area contributed by atoms with Crippen LogP contribution in [0.3, 0.4) is 0 Å². The Balaban J connectivity index is 2.36. The molecule has 1 saturated heterocycles. The van der Waals surface area contributed by atoms with E-state index in [0.717, 1.165) is 0 Å².